The molecule has 4 rings (SSSR count). The summed E-state index contributed by atoms with van der Waals surface area (Å²) < 4.78 is 6.47. The van der Waals surface area contributed by atoms with Crippen molar-refractivity contribution in [1.29, 1.82) is 0 Å². The fourth-order valence-electron chi connectivity index (χ4n) is 3.09. The SMILES string of the molecule is Brc1cccc(Nc2cncc(-c3ccc(N4CCOCC4)cc3)c2)c1. The van der Waals surface area contributed by atoms with Gasteiger partial charge in [0.1, 0.15) is 0 Å². The molecule has 26 heavy (non-hydrogen) atoms. The van der Waals surface area contributed by atoms with Crippen molar-refractivity contribution in [2.24, 2.45) is 0 Å². The van der Waals surface area contributed by atoms with Crippen LogP contribution in [-0.4, -0.2) is 31.3 Å². The Hall–Kier alpha value is -2.37. The lowest BCUT2D eigenvalue weighted by atomic mass is 10.1. The van der Waals surface area contributed by atoms with E-state index in [1.165, 1.54) is 5.69 Å². The van der Waals surface area contributed by atoms with Crippen molar-refractivity contribution in [3.05, 3.63) is 71.5 Å². The topological polar surface area (TPSA) is 37.4 Å². The number of halogens is 1. The Labute approximate surface area is 162 Å². The van der Waals surface area contributed by atoms with Gasteiger partial charge in [-0.1, -0.05) is 34.1 Å². The minimum atomic E-state index is 0.801. The molecule has 0 aliphatic carbocycles. The van der Waals surface area contributed by atoms with E-state index in [1.54, 1.807) is 0 Å². The lowest BCUT2D eigenvalue weighted by Crippen LogP contribution is -2.36. The lowest BCUT2D eigenvalue weighted by Gasteiger charge is -2.28. The Morgan fingerprint density at radius 2 is 1.69 bits per heavy atom. The average molecular weight is 410 g/mol. The van der Waals surface area contributed by atoms with Crippen molar-refractivity contribution in [2.45, 2.75) is 0 Å². The Morgan fingerprint density at radius 3 is 2.46 bits per heavy atom. The summed E-state index contributed by atoms with van der Waals surface area (Å²) in [5, 5.41) is 3.40. The summed E-state index contributed by atoms with van der Waals surface area (Å²) in [5.74, 6) is 0. The van der Waals surface area contributed by atoms with Gasteiger partial charge in [0.15, 0.2) is 0 Å². The minimum absolute atomic E-state index is 0.801. The van der Waals surface area contributed by atoms with Crippen LogP contribution in [0.5, 0.6) is 0 Å². The van der Waals surface area contributed by atoms with Crippen molar-refractivity contribution >= 4 is 33.0 Å². The predicted molar refractivity (Wildman–Crippen MR) is 110 cm³/mol. The molecule has 1 aliphatic rings. The predicted octanol–water partition coefficient (Wildman–Crippen LogP) is 5.09. The molecule has 0 radical (unpaired) electrons. The van der Waals surface area contributed by atoms with Gasteiger partial charge in [0, 0.05) is 40.7 Å². The molecule has 0 spiro atoms. The number of morpholine rings is 1. The van der Waals surface area contributed by atoms with E-state index in [0.717, 1.165) is 53.3 Å². The normalized spacial score (nSPS) is 14.3. The van der Waals surface area contributed by atoms with Crippen LogP contribution in [0.15, 0.2) is 71.5 Å². The lowest BCUT2D eigenvalue weighted by molar-refractivity contribution is 0.122. The first kappa shape index (κ1) is 17.1. The zero-order chi connectivity index (χ0) is 17.8. The molecule has 2 heterocycles. The first-order chi connectivity index (χ1) is 12.8. The van der Waals surface area contributed by atoms with Crippen LogP contribution in [0.25, 0.3) is 11.1 Å². The van der Waals surface area contributed by atoms with Crippen molar-refractivity contribution < 1.29 is 4.74 Å². The van der Waals surface area contributed by atoms with E-state index in [4.69, 9.17) is 4.74 Å². The fourth-order valence-corrected chi connectivity index (χ4v) is 3.48. The van der Waals surface area contributed by atoms with Crippen molar-refractivity contribution in [1.82, 2.24) is 4.98 Å². The van der Waals surface area contributed by atoms with E-state index < -0.39 is 0 Å². The van der Waals surface area contributed by atoms with Gasteiger partial charge in [-0.15, -0.1) is 0 Å². The number of pyridine rings is 1. The van der Waals surface area contributed by atoms with E-state index in [0.29, 0.717) is 0 Å². The van der Waals surface area contributed by atoms with Crippen molar-refractivity contribution in [3.63, 3.8) is 0 Å². The number of hydrogen-bond acceptors (Lipinski definition) is 4. The van der Waals surface area contributed by atoms with Gasteiger partial charge < -0.3 is 15.0 Å². The molecule has 0 amide bonds. The zero-order valence-corrected chi connectivity index (χ0v) is 15.9. The summed E-state index contributed by atoms with van der Waals surface area (Å²) in [6.45, 7) is 3.50. The Bertz CT molecular complexity index is 876. The summed E-state index contributed by atoms with van der Waals surface area (Å²) in [6, 6.07) is 18.9. The largest absolute Gasteiger partial charge is 0.378 e. The van der Waals surface area contributed by atoms with Crippen LogP contribution in [0.4, 0.5) is 17.1 Å². The van der Waals surface area contributed by atoms with Gasteiger partial charge in [-0.05, 0) is 42.0 Å². The van der Waals surface area contributed by atoms with Crippen molar-refractivity contribution in [2.75, 3.05) is 36.5 Å². The molecule has 0 saturated carbocycles. The highest BCUT2D eigenvalue weighted by molar-refractivity contribution is 9.10. The maximum atomic E-state index is 5.42. The Balaban J connectivity index is 1.52. The quantitative estimate of drug-likeness (QED) is 0.650. The molecule has 0 atom stereocenters. The minimum Gasteiger partial charge on any atom is -0.378 e. The highest BCUT2D eigenvalue weighted by Gasteiger charge is 2.11. The second-order valence-electron chi connectivity index (χ2n) is 6.24. The van der Waals surface area contributed by atoms with E-state index in [2.05, 4.69) is 61.5 Å². The van der Waals surface area contributed by atoms with Gasteiger partial charge in [0.25, 0.3) is 0 Å². The maximum Gasteiger partial charge on any atom is 0.0642 e. The molecule has 4 nitrogen and oxygen atoms in total. The summed E-state index contributed by atoms with van der Waals surface area (Å²) in [5.41, 5.74) is 5.50. The second-order valence-corrected chi connectivity index (χ2v) is 7.16. The second kappa shape index (κ2) is 7.89. The van der Waals surface area contributed by atoms with Gasteiger partial charge in [0.05, 0.1) is 25.1 Å². The van der Waals surface area contributed by atoms with Crippen LogP contribution in [0.3, 0.4) is 0 Å². The van der Waals surface area contributed by atoms with E-state index in [9.17, 15) is 0 Å². The van der Waals surface area contributed by atoms with Crippen molar-refractivity contribution in [3.8, 4) is 11.1 Å². The summed E-state index contributed by atoms with van der Waals surface area (Å²) in [7, 11) is 0. The highest BCUT2D eigenvalue weighted by Crippen LogP contribution is 2.27. The van der Waals surface area contributed by atoms with Gasteiger partial charge >= 0.3 is 0 Å². The third-order valence-electron chi connectivity index (χ3n) is 4.43. The molecule has 1 fully saturated rings. The number of ether oxygens (including phenoxy) is 1. The number of rotatable bonds is 4. The molecular formula is C21H20BrN3O. The van der Waals surface area contributed by atoms with Gasteiger partial charge in [-0.25, -0.2) is 0 Å². The monoisotopic (exact) mass is 409 g/mol. The molecule has 1 aliphatic heterocycles. The van der Waals surface area contributed by atoms with Crippen LogP contribution in [0, 0.1) is 0 Å². The maximum absolute atomic E-state index is 5.42. The molecule has 132 valence electrons. The summed E-state index contributed by atoms with van der Waals surface area (Å²) in [6.07, 6.45) is 3.74. The molecule has 5 heteroatoms. The molecule has 1 aromatic heterocycles. The number of aromatic nitrogens is 1. The molecule has 1 N–H and O–H groups in total. The molecule has 3 aromatic rings. The first-order valence-electron chi connectivity index (χ1n) is 8.69. The standard InChI is InChI=1S/C21H20BrN3O/c22-18-2-1-3-19(13-18)24-20-12-17(14-23-15-20)16-4-6-21(7-5-16)25-8-10-26-11-9-25/h1-7,12-15,24H,8-11H2. The molecule has 1 saturated heterocycles. The number of benzene rings is 2. The molecular weight excluding hydrogens is 390 g/mol. The van der Waals surface area contributed by atoms with Crippen LogP contribution in [-0.2, 0) is 4.74 Å². The number of nitrogens with zero attached hydrogens (tertiary/aromatic N) is 2. The third-order valence-corrected chi connectivity index (χ3v) is 4.92. The molecule has 0 bridgehead atoms. The number of hydrogen-bond donors (Lipinski definition) is 1. The fraction of sp³-hybridized carbons (Fsp3) is 0.190. The van der Waals surface area contributed by atoms with Crippen LogP contribution >= 0.6 is 15.9 Å². The molecule has 2 aromatic carbocycles. The smallest absolute Gasteiger partial charge is 0.0642 e. The summed E-state index contributed by atoms with van der Waals surface area (Å²) in [4.78, 5) is 6.75. The summed E-state index contributed by atoms with van der Waals surface area (Å²) >= 11 is 3.50. The number of anilines is 3. The van der Waals surface area contributed by atoms with Crippen LogP contribution < -0.4 is 10.2 Å². The van der Waals surface area contributed by atoms with Crippen LogP contribution in [0.1, 0.15) is 0 Å². The molecule has 0 unspecified atom stereocenters. The first-order valence-corrected chi connectivity index (χ1v) is 9.48. The average Bonchev–Trinajstić information content (AvgIpc) is 2.69. The zero-order valence-electron chi connectivity index (χ0n) is 14.4. The third kappa shape index (κ3) is 4.06. The highest BCUT2D eigenvalue weighted by atomic mass is 79.9. The van der Waals surface area contributed by atoms with Crippen LogP contribution in [0.2, 0.25) is 0 Å². The van der Waals surface area contributed by atoms with E-state index in [-0.39, 0.29) is 0 Å². The van der Waals surface area contributed by atoms with E-state index >= 15 is 0 Å². The van der Waals surface area contributed by atoms with E-state index in [1.807, 2.05) is 36.7 Å². The van der Waals surface area contributed by atoms with Gasteiger partial charge in [0.2, 0.25) is 0 Å². The van der Waals surface area contributed by atoms with Gasteiger partial charge in [-0.2, -0.15) is 0 Å². The number of nitrogens with one attached hydrogen (secondary N) is 1. The Morgan fingerprint density at radius 1 is 0.885 bits per heavy atom. The van der Waals surface area contributed by atoms with Gasteiger partial charge in [-0.3, -0.25) is 4.98 Å². The Kier molecular flexibility index (Phi) is 5.18.